The van der Waals surface area contributed by atoms with Gasteiger partial charge in [0.2, 0.25) is 0 Å². The van der Waals surface area contributed by atoms with E-state index in [-0.39, 0.29) is 6.04 Å². The molecule has 48 valence electrons. The minimum Gasteiger partial charge on any atom is -0.324 e. The number of hydrogen-bond acceptors (Lipinski definition) is 1. The molecule has 1 aromatic carbocycles. The summed E-state index contributed by atoms with van der Waals surface area (Å²) in [4.78, 5) is 0. The first-order chi connectivity index (χ1) is 4.30. The van der Waals surface area contributed by atoms with Gasteiger partial charge in [0.1, 0.15) is 0 Å². The van der Waals surface area contributed by atoms with Gasteiger partial charge in [0, 0.05) is 6.04 Å². The summed E-state index contributed by atoms with van der Waals surface area (Å²) in [5, 5.41) is 0. The molecule has 1 aromatic rings. The summed E-state index contributed by atoms with van der Waals surface area (Å²) in [6, 6.07) is 10.2. The average molecular weight is 133 g/mol. The highest BCUT2D eigenvalue weighted by Gasteiger charge is 1.93. The molecule has 1 heteroatoms. The van der Waals surface area contributed by atoms with Crippen LogP contribution in [0.25, 0.3) is 0 Å². The fourth-order valence-corrected chi connectivity index (χ4v) is 0.757. The molecular formula is C8H11N. The zero-order valence-corrected chi connectivity index (χ0v) is 5.54. The molecule has 0 saturated carbocycles. The van der Waals surface area contributed by atoms with Crippen LogP contribution in [0.2, 0.25) is 0 Å². The van der Waals surface area contributed by atoms with Crippen molar-refractivity contribution in [2.45, 2.75) is 13.0 Å². The Morgan fingerprint density at radius 3 is 2.11 bits per heavy atom. The second-order valence-corrected chi connectivity index (χ2v) is 2.20. The molecule has 0 unspecified atom stereocenters. The Morgan fingerprint density at radius 2 is 1.78 bits per heavy atom. The molecule has 1 atom stereocenters. The predicted molar refractivity (Wildman–Crippen MR) is 39.0 cm³/mol. The van der Waals surface area contributed by atoms with E-state index in [4.69, 9.17) is 5.73 Å². The lowest BCUT2D eigenvalue weighted by atomic mass is 10.6. The maximum Gasteiger partial charge on any atom is 0.0266 e. The van der Waals surface area contributed by atoms with E-state index in [9.17, 15) is 0 Å². The summed E-state index contributed by atoms with van der Waals surface area (Å²) in [7, 11) is 0. The molecule has 0 bridgehead atoms. The van der Waals surface area contributed by atoms with E-state index in [2.05, 4.69) is 0 Å². The van der Waals surface area contributed by atoms with E-state index in [1.807, 2.05) is 37.3 Å². The molecule has 0 radical (unpaired) electrons. The molecule has 0 fully saturated rings. The highest BCUT2D eigenvalue weighted by molar-refractivity contribution is 5.17. The van der Waals surface area contributed by atoms with Crippen LogP contribution in [-0.4, -0.2) is 0 Å². The van der Waals surface area contributed by atoms with Gasteiger partial charge in [0.25, 0.3) is 0 Å². The highest BCUT2D eigenvalue weighted by Crippen LogP contribution is 2.06. The summed E-state index contributed by atoms with van der Waals surface area (Å²) >= 11 is 0. The molecule has 0 saturated heterocycles. The third kappa shape index (κ3) is 1.54. The molecule has 0 aliphatic heterocycles. The maximum absolute atomic E-state index is 5.61. The van der Waals surface area contributed by atoms with Crippen molar-refractivity contribution in [2.24, 2.45) is 5.73 Å². The zero-order valence-electron chi connectivity index (χ0n) is 5.54. The van der Waals surface area contributed by atoms with Crippen LogP contribution in [-0.2, 0) is 0 Å². The van der Waals surface area contributed by atoms with Crippen LogP contribution in [0.5, 0.6) is 0 Å². The first-order valence-corrected chi connectivity index (χ1v) is 3.11. The summed E-state index contributed by atoms with van der Waals surface area (Å²) in [6.45, 7) is 1.98. The van der Waals surface area contributed by atoms with Crippen LogP contribution in [0.4, 0.5) is 0 Å². The quantitative estimate of drug-likeness (QED) is 0.620. The Morgan fingerprint density at radius 1 is 1.22 bits per heavy atom. The second-order valence-electron chi connectivity index (χ2n) is 2.20. The lowest BCUT2D eigenvalue weighted by molar-refractivity contribution is 0.818. The van der Waals surface area contributed by atoms with E-state index >= 15 is 0 Å². The molecule has 0 amide bonds. The Bertz CT molecular complexity index is 167. The van der Waals surface area contributed by atoms with E-state index in [0.29, 0.717) is 0 Å². The molecule has 1 rings (SSSR count). The lowest BCUT2D eigenvalue weighted by Gasteiger charge is -2.02. The van der Waals surface area contributed by atoms with Crippen LogP contribution >= 0.6 is 0 Å². The molecule has 0 aromatic heterocycles. The van der Waals surface area contributed by atoms with Gasteiger partial charge in [0.15, 0.2) is 0 Å². The standard InChI is InChI=1S/C8H11N/c1-7(9)8-5-3-2-4-6-8/h2-7H,9H2,1H3/t7-/m0/s1/i2+2,3+2,4+2,5+2,6+2,8+2. The summed E-state index contributed by atoms with van der Waals surface area (Å²) < 4.78 is 0. The smallest absolute Gasteiger partial charge is 0.0266 e. The SMILES string of the molecule is C[C@H](N)[14c]1[14cH][14cH][14cH][14cH][14cH]1. The van der Waals surface area contributed by atoms with Crippen molar-refractivity contribution in [3.05, 3.63) is 35.9 Å². The van der Waals surface area contributed by atoms with Gasteiger partial charge in [-0.3, -0.25) is 0 Å². The Kier molecular flexibility index (Phi) is 1.85. The zero-order chi connectivity index (χ0) is 6.69. The second kappa shape index (κ2) is 2.65. The molecule has 9 heavy (non-hydrogen) atoms. The van der Waals surface area contributed by atoms with Gasteiger partial charge in [-0.25, -0.2) is 0 Å². The summed E-state index contributed by atoms with van der Waals surface area (Å²) in [5.41, 5.74) is 6.81. The molecule has 2 N–H and O–H groups in total. The van der Waals surface area contributed by atoms with Gasteiger partial charge in [-0.1, -0.05) is 30.3 Å². The van der Waals surface area contributed by atoms with Crippen molar-refractivity contribution in [3.63, 3.8) is 0 Å². The van der Waals surface area contributed by atoms with E-state index in [1.165, 1.54) is 5.56 Å². The number of hydrogen-bond donors (Lipinski definition) is 1. The molecular weight excluding hydrogens is 122 g/mol. The fraction of sp³-hybridized carbons (Fsp3) is 0.250. The lowest BCUT2D eigenvalue weighted by Crippen LogP contribution is -2.03. The first-order valence-electron chi connectivity index (χ1n) is 3.11. The van der Waals surface area contributed by atoms with Crippen LogP contribution in [0.15, 0.2) is 30.3 Å². The van der Waals surface area contributed by atoms with Gasteiger partial charge < -0.3 is 5.73 Å². The highest BCUT2D eigenvalue weighted by atomic mass is 15.7. The Balaban J connectivity index is 2.85. The molecule has 1 nitrogen and oxygen atoms in total. The van der Waals surface area contributed by atoms with Crippen molar-refractivity contribution in [3.8, 4) is 0 Å². The van der Waals surface area contributed by atoms with Crippen molar-refractivity contribution in [1.29, 1.82) is 0 Å². The van der Waals surface area contributed by atoms with Crippen LogP contribution in [0, 0.1) is 0 Å². The van der Waals surface area contributed by atoms with Crippen molar-refractivity contribution >= 4 is 0 Å². The van der Waals surface area contributed by atoms with Crippen molar-refractivity contribution in [1.82, 2.24) is 0 Å². The molecule has 0 heterocycles. The first kappa shape index (κ1) is 6.30. The minimum atomic E-state index is 0.159. The van der Waals surface area contributed by atoms with E-state index in [1.54, 1.807) is 0 Å². The average Bonchev–Trinajstić information content (AvgIpc) is 1.90. The van der Waals surface area contributed by atoms with Crippen LogP contribution < -0.4 is 5.73 Å². The van der Waals surface area contributed by atoms with E-state index < -0.39 is 0 Å². The topological polar surface area (TPSA) is 26.0 Å². The Hall–Kier alpha value is -0.820. The number of benzene rings is 1. The summed E-state index contributed by atoms with van der Waals surface area (Å²) in [6.07, 6.45) is 0. The fourth-order valence-electron chi connectivity index (χ4n) is 0.757. The third-order valence-corrected chi connectivity index (χ3v) is 1.33. The Labute approximate surface area is 55.5 Å². The minimum absolute atomic E-state index is 0.159. The molecule has 0 spiro atoms. The van der Waals surface area contributed by atoms with Gasteiger partial charge in [-0.05, 0) is 12.5 Å². The number of rotatable bonds is 1. The molecule has 0 aliphatic rings. The van der Waals surface area contributed by atoms with Crippen LogP contribution in [0.3, 0.4) is 0 Å². The van der Waals surface area contributed by atoms with Gasteiger partial charge in [-0.15, -0.1) is 0 Å². The normalized spacial score (nSPS) is 13.1. The van der Waals surface area contributed by atoms with Gasteiger partial charge >= 0.3 is 0 Å². The van der Waals surface area contributed by atoms with Gasteiger partial charge in [-0.2, -0.15) is 0 Å². The van der Waals surface area contributed by atoms with Crippen molar-refractivity contribution in [2.75, 3.05) is 0 Å². The maximum atomic E-state index is 5.61. The third-order valence-electron chi connectivity index (χ3n) is 1.33. The predicted octanol–water partition coefficient (Wildman–Crippen LogP) is 1.71. The number of nitrogens with two attached hydrogens (primary N) is 1. The van der Waals surface area contributed by atoms with E-state index in [0.717, 1.165) is 0 Å². The van der Waals surface area contributed by atoms with Gasteiger partial charge in [0.05, 0.1) is 0 Å². The summed E-state index contributed by atoms with van der Waals surface area (Å²) in [5.74, 6) is 0. The largest absolute Gasteiger partial charge is 0.324 e. The monoisotopic (exact) mass is 133 g/mol. The van der Waals surface area contributed by atoms with Crippen LogP contribution in [0.1, 0.15) is 18.5 Å². The molecule has 0 aliphatic carbocycles. The van der Waals surface area contributed by atoms with Crippen molar-refractivity contribution < 1.29 is 0 Å².